The summed E-state index contributed by atoms with van der Waals surface area (Å²) in [5, 5.41) is 2.57. The van der Waals surface area contributed by atoms with E-state index in [9.17, 15) is 4.79 Å². The molecule has 0 spiro atoms. The van der Waals surface area contributed by atoms with Crippen molar-refractivity contribution in [3.63, 3.8) is 0 Å². The van der Waals surface area contributed by atoms with Crippen molar-refractivity contribution in [2.75, 3.05) is 69.3 Å². The summed E-state index contributed by atoms with van der Waals surface area (Å²) >= 11 is 0. The van der Waals surface area contributed by atoms with Crippen molar-refractivity contribution in [3.8, 4) is 6.01 Å². The summed E-state index contributed by atoms with van der Waals surface area (Å²) in [4.78, 5) is 31.2. The van der Waals surface area contributed by atoms with Crippen LogP contribution in [0.4, 0.5) is 11.5 Å². The number of carbonyl (C=O) groups excluding carboxylic acids is 1. The van der Waals surface area contributed by atoms with E-state index < -0.39 is 0 Å². The Morgan fingerprint density at radius 1 is 1.05 bits per heavy atom. The molecule has 1 atom stereocenters. The fourth-order valence-corrected chi connectivity index (χ4v) is 6.56. The first-order valence-corrected chi connectivity index (χ1v) is 14.6. The third kappa shape index (κ3) is 5.37. The Kier molecular flexibility index (Phi) is 7.61. The Hall–Kier alpha value is -3.65. The molecule has 1 aromatic heterocycles. The maximum absolute atomic E-state index is 12.2. The smallest absolute Gasteiger partial charge is 0.318 e. The number of hydrogen-bond acceptors (Lipinski definition) is 7. The number of likely N-dealkylation sites (tertiary alicyclic amines) is 1. The van der Waals surface area contributed by atoms with Gasteiger partial charge in [0.2, 0.25) is 5.91 Å². The Morgan fingerprint density at radius 3 is 2.62 bits per heavy atom. The summed E-state index contributed by atoms with van der Waals surface area (Å²) in [5.41, 5.74) is 4.80. The van der Waals surface area contributed by atoms with Crippen LogP contribution < -0.4 is 14.5 Å². The summed E-state index contributed by atoms with van der Waals surface area (Å²) in [6, 6.07) is 13.6. The average Bonchev–Trinajstić information content (AvgIpc) is 2.99. The Bertz CT molecular complexity index is 1390. The molecule has 2 aromatic carbocycles. The third-order valence-electron chi connectivity index (χ3n) is 8.69. The largest absolute Gasteiger partial charge is 0.463 e. The number of hydrogen-bond donors (Lipinski definition) is 0. The monoisotopic (exact) mass is 540 g/mol. The molecule has 210 valence electrons. The van der Waals surface area contributed by atoms with Crippen LogP contribution in [0, 0.1) is 12.8 Å². The molecule has 8 heteroatoms. The van der Waals surface area contributed by atoms with Gasteiger partial charge in [0.25, 0.3) is 0 Å². The number of benzene rings is 2. The molecule has 4 heterocycles. The molecule has 40 heavy (non-hydrogen) atoms. The van der Waals surface area contributed by atoms with Crippen molar-refractivity contribution in [3.05, 3.63) is 65.9 Å². The molecule has 3 aliphatic heterocycles. The van der Waals surface area contributed by atoms with E-state index in [1.165, 1.54) is 46.5 Å². The molecule has 0 N–H and O–H groups in total. The SMILES string of the molecule is C=CC(=O)N1CCN(c2nc(OCC3CCCN(C)C3)nc3c2CCN(c2cccc4cccc(C)c24)C3)CC1. The Morgan fingerprint density at radius 2 is 1.85 bits per heavy atom. The first kappa shape index (κ1) is 26.6. The van der Waals surface area contributed by atoms with Crippen LogP contribution in [0.15, 0.2) is 49.1 Å². The van der Waals surface area contributed by atoms with Gasteiger partial charge in [-0.2, -0.15) is 9.97 Å². The van der Waals surface area contributed by atoms with Crippen molar-refractivity contribution >= 4 is 28.2 Å². The van der Waals surface area contributed by atoms with Gasteiger partial charge in [-0.3, -0.25) is 4.79 Å². The second kappa shape index (κ2) is 11.5. The number of fused-ring (bicyclic) bond motifs is 2. The second-order valence-electron chi connectivity index (χ2n) is 11.5. The Labute approximate surface area is 237 Å². The molecule has 2 saturated heterocycles. The molecule has 8 nitrogen and oxygen atoms in total. The van der Waals surface area contributed by atoms with Gasteiger partial charge in [-0.05, 0) is 62.9 Å². The first-order valence-electron chi connectivity index (χ1n) is 14.6. The van der Waals surface area contributed by atoms with E-state index in [0.717, 1.165) is 57.2 Å². The van der Waals surface area contributed by atoms with Gasteiger partial charge in [0.05, 0.1) is 18.8 Å². The van der Waals surface area contributed by atoms with Crippen LogP contribution in [0.3, 0.4) is 0 Å². The zero-order valence-electron chi connectivity index (χ0n) is 23.8. The van der Waals surface area contributed by atoms with Crippen molar-refractivity contribution in [2.45, 2.75) is 32.7 Å². The summed E-state index contributed by atoms with van der Waals surface area (Å²) in [6.07, 6.45) is 4.65. The Balaban J connectivity index is 1.30. The fourth-order valence-electron chi connectivity index (χ4n) is 6.56. The third-order valence-corrected chi connectivity index (χ3v) is 8.69. The summed E-state index contributed by atoms with van der Waals surface area (Å²) < 4.78 is 6.33. The number of aryl methyl sites for hydroxylation is 1. The van der Waals surface area contributed by atoms with E-state index in [1.807, 2.05) is 4.90 Å². The highest BCUT2D eigenvalue weighted by atomic mass is 16.5. The molecule has 0 aliphatic carbocycles. The number of amides is 1. The second-order valence-corrected chi connectivity index (χ2v) is 11.5. The highest BCUT2D eigenvalue weighted by Gasteiger charge is 2.29. The van der Waals surface area contributed by atoms with Crippen molar-refractivity contribution in [1.29, 1.82) is 0 Å². The minimum Gasteiger partial charge on any atom is -0.463 e. The molecule has 3 aromatic rings. The van der Waals surface area contributed by atoms with E-state index in [4.69, 9.17) is 14.7 Å². The lowest BCUT2D eigenvalue weighted by Gasteiger charge is -2.38. The van der Waals surface area contributed by atoms with E-state index in [-0.39, 0.29) is 5.91 Å². The number of nitrogens with zero attached hydrogens (tertiary/aromatic N) is 6. The zero-order valence-corrected chi connectivity index (χ0v) is 23.8. The minimum absolute atomic E-state index is 0.00754. The number of aromatic nitrogens is 2. The van der Waals surface area contributed by atoms with Crippen molar-refractivity contribution in [2.24, 2.45) is 5.92 Å². The van der Waals surface area contributed by atoms with Gasteiger partial charge in [0, 0.05) is 61.8 Å². The van der Waals surface area contributed by atoms with Gasteiger partial charge in [0.1, 0.15) is 5.82 Å². The molecule has 3 aliphatic rings. The number of anilines is 2. The van der Waals surface area contributed by atoms with Crippen LogP contribution in [0.1, 0.15) is 29.7 Å². The predicted octanol–water partition coefficient (Wildman–Crippen LogP) is 4.06. The normalized spacial score (nSPS) is 19.9. The molecule has 0 radical (unpaired) electrons. The van der Waals surface area contributed by atoms with Crippen LogP contribution in [-0.2, 0) is 17.8 Å². The van der Waals surface area contributed by atoms with Gasteiger partial charge in [0.15, 0.2) is 0 Å². The number of piperazine rings is 1. The highest BCUT2D eigenvalue weighted by molar-refractivity contribution is 5.97. The van der Waals surface area contributed by atoms with Crippen molar-refractivity contribution in [1.82, 2.24) is 19.8 Å². The van der Waals surface area contributed by atoms with Crippen LogP contribution >= 0.6 is 0 Å². The van der Waals surface area contributed by atoms with E-state index in [2.05, 4.69) is 71.6 Å². The van der Waals surface area contributed by atoms with Gasteiger partial charge in [-0.15, -0.1) is 0 Å². The van der Waals surface area contributed by atoms with Crippen LogP contribution in [0.2, 0.25) is 0 Å². The topological polar surface area (TPSA) is 65.0 Å². The number of piperidine rings is 1. The molecule has 1 amide bonds. The van der Waals surface area contributed by atoms with Crippen LogP contribution in [0.25, 0.3) is 10.8 Å². The lowest BCUT2D eigenvalue weighted by molar-refractivity contribution is -0.126. The molecule has 0 saturated carbocycles. The first-order chi connectivity index (χ1) is 19.5. The molecular weight excluding hydrogens is 500 g/mol. The van der Waals surface area contributed by atoms with Gasteiger partial charge in [-0.1, -0.05) is 36.9 Å². The van der Waals surface area contributed by atoms with E-state index in [1.54, 1.807) is 0 Å². The molecule has 6 rings (SSSR count). The molecule has 1 unspecified atom stereocenters. The van der Waals surface area contributed by atoms with Gasteiger partial charge >= 0.3 is 6.01 Å². The molecule has 2 fully saturated rings. The number of carbonyl (C=O) groups is 1. The number of ether oxygens (including phenoxy) is 1. The van der Waals surface area contributed by atoms with Gasteiger partial charge in [-0.25, -0.2) is 0 Å². The quantitative estimate of drug-likeness (QED) is 0.437. The van der Waals surface area contributed by atoms with Gasteiger partial charge < -0.3 is 24.3 Å². The van der Waals surface area contributed by atoms with E-state index >= 15 is 0 Å². The van der Waals surface area contributed by atoms with Crippen LogP contribution in [-0.4, -0.2) is 85.1 Å². The zero-order chi connectivity index (χ0) is 27.6. The van der Waals surface area contributed by atoms with Crippen molar-refractivity contribution < 1.29 is 9.53 Å². The summed E-state index contributed by atoms with van der Waals surface area (Å²) in [7, 11) is 2.18. The minimum atomic E-state index is -0.00754. The van der Waals surface area contributed by atoms with E-state index in [0.29, 0.717) is 31.6 Å². The molecular formula is C32H40N6O2. The summed E-state index contributed by atoms with van der Waals surface area (Å²) in [5.74, 6) is 1.46. The maximum atomic E-state index is 12.2. The van der Waals surface area contributed by atoms with Crippen LogP contribution in [0.5, 0.6) is 6.01 Å². The average molecular weight is 541 g/mol. The molecule has 0 bridgehead atoms. The standard InChI is InChI=1S/C32H40N6O2/c1-4-29(39)36-16-18-37(19-17-36)31-26-13-15-38(28-12-6-11-25-10-5-8-23(2)30(25)28)21-27(26)33-32(34-31)40-22-24-9-7-14-35(3)20-24/h4-6,8,10-12,24H,1,7,9,13-22H2,2-3H3. The fraction of sp³-hybridized carbons (Fsp3) is 0.469. The predicted molar refractivity (Wildman–Crippen MR) is 160 cm³/mol. The summed E-state index contributed by atoms with van der Waals surface area (Å²) in [6.45, 7) is 13.1. The lowest BCUT2D eigenvalue weighted by atomic mass is 9.99. The maximum Gasteiger partial charge on any atom is 0.318 e. The lowest BCUT2D eigenvalue weighted by Crippen LogP contribution is -2.49. The highest BCUT2D eigenvalue weighted by Crippen LogP contribution is 2.35. The number of rotatable bonds is 6.